The van der Waals surface area contributed by atoms with E-state index >= 15 is 0 Å². The average Bonchev–Trinajstić information content (AvgIpc) is 2.47. The molecule has 0 spiro atoms. The van der Waals surface area contributed by atoms with E-state index in [4.69, 9.17) is 4.52 Å². The molecule has 0 fully saturated rings. The summed E-state index contributed by atoms with van der Waals surface area (Å²) in [6.45, 7) is 4.13. The largest absolute Gasteiger partial charge is 0.354 e. The first-order chi connectivity index (χ1) is 5.79. The molecule has 0 saturated carbocycles. The minimum Gasteiger partial charge on any atom is -0.354 e. The normalized spacial score (nSPS) is 11.2. The third kappa shape index (κ3) is 0.958. The van der Waals surface area contributed by atoms with Crippen molar-refractivity contribution < 1.29 is 4.52 Å². The van der Waals surface area contributed by atoms with Crippen LogP contribution in [0.25, 0.3) is 11.0 Å². The maximum Gasteiger partial charge on any atom is 0.188 e. The highest BCUT2D eigenvalue weighted by molar-refractivity contribution is 5.77. The molecule has 0 bridgehead atoms. The Morgan fingerprint density at radius 2 is 2.00 bits per heavy atom. The van der Waals surface area contributed by atoms with E-state index in [9.17, 15) is 0 Å². The molecule has 2 heterocycles. The Bertz CT molecular complexity index is 394. The second kappa shape index (κ2) is 2.55. The summed E-state index contributed by atoms with van der Waals surface area (Å²) in [6.07, 6.45) is 3.26. The Labute approximate surface area is 69.6 Å². The highest BCUT2D eigenvalue weighted by atomic mass is 16.5. The molecule has 0 atom stereocenters. The molecular weight excluding hydrogens is 154 g/mol. The van der Waals surface area contributed by atoms with Crippen molar-refractivity contribution in [3.63, 3.8) is 0 Å². The van der Waals surface area contributed by atoms with E-state index in [1.54, 1.807) is 12.4 Å². The molecule has 0 radical (unpaired) electrons. The first-order valence-electron chi connectivity index (χ1n) is 3.85. The third-order valence-corrected chi connectivity index (χ3v) is 1.76. The number of fused-ring (bicyclic) bond motifs is 1. The van der Waals surface area contributed by atoms with Gasteiger partial charge in [-0.3, -0.25) is 0 Å². The fraction of sp³-hybridized carbons (Fsp3) is 0.375. The van der Waals surface area contributed by atoms with E-state index < -0.39 is 0 Å². The van der Waals surface area contributed by atoms with Gasteiger partial charge in [0.25, 0.3) is 0 Å². The fourth-order valence-electron chi connectivity index (χ4n) is 1.14. The van der Waals surface area contributed by atoms with E-state index in [2.05, 4.69) is 29.2 Å². The Morgan fingerprint density at radius 3 is 2.75 bits per heavy atom. The molecule has 0 saturated heterocycles. The van der Waals surface area contributed by atoms with Crippen LogP contribution in [-0.2, 0) is 0 Å². The van der Waals surface area contributed by atoms with E-state index in [-0.39, 0.29) is 0 Å². The SMILES string of the molecule is CC(C)c1noc2cnncc12. The van der Waals surface area contributed by atoms with Gasteiger partial charge in [-0.15, -0.1) is 0 Å². The number of aromatic nitrogens is 3. The summed E-state index contributed by atoms with van der Waals surface area (Å²) in [5.74, 6) is 0.357. The zero-order valence-corrected chi connectivity index (χ0v) is 6.98. The molecule has 0 N–H and O–H groups in total. The molecule has 0 unspecified atom stereocenters. The molecule has 0 amide bonds. The molecular formula is C8H9N3O. The van der Waals surface area contributed by atoms with Crippen molar-refractivity contribution in [1.29, 1.82) is 0 Å². The lowest BCUT2D eigenvalue weighted by molar-refractivity contribution is 0.440. The Balaban J connectivity index is 2.70. The van der Waals surface area contributed by atoms with Gasteiger partial charge in [0.05, 0.1) is 23.5 Å². The Kier molecular flexibility index (Phi) is 1.53. The van der Waals surface area contributed by atoms with Crippen LogP contribution in [0.5, 0.6) is 0 Å². The topological polar surface area (TPSA) is 51.8 Å². The molecule has 0 aliphatic rings. The van der Waals surface area contributed by atoms with Crippen LogP contribution in [-0.4, -0.2) is 15.4 Å². The summed E-state index contributed by atoms with van der Waals surface area (Å²) in [7, 11) is 0. The Morgan fingerprint density at radius 1 is 1.25 bits per heavy atom. The summed E-state index contributed by atoms with van der Waals surface area (Å²) < 4.78 is 5.06. The molecule has 0 aromatic carbocycles. The maximum atomic E-state index is 5.06. The van der Waals surface area contributed by atoms with E-state index in [0.29, 0.717) is 11.5 Å². The molecule has 2 rings (SSSR count). The lowest BCUT2D eigenvalue weighted by atomic mass is 10.1. The van der Waals surface area contributed by atoms with Crippen molar-refractivity contribution in [2.75, 3.05) is 0 Å². The molecule has 4 nitrogen and oxygen atoms in total. The van der Waals surface area contributed by atoms with Gasteiger partial charge in [-0.25, -0.2) is 0 Å². The summed E-state index contributed by atoms with van der Waals surface area (Å²) in [6, 6.07) is 0. The lowest BCUT2D eigenvalue weighted by Gasteiger charge is -1.96. The van der Waals surface area contributed by atoms with Crippen molar-refractivity contribution in [3.8, 4) is 0 Å². The van der Waals surface area contributed by atoms with E-state index in [1.165, 1.54) is 0 Å². The van der Waals surface area contributed by atoms with Crippen molar-refractivity contribution in [2.24, 2.45) is 0 Å². The van der Waals surface area contributed by atoms with Crippen molar-refractivity contribution >= 4 is 11.0 Å². The minimum atomic E-state index is 0.357. The van der Waals surface area contributed by atoms with Crippen LogP contribution in [0.3, 0.4) is 0 Å². The highest BCUT2D eigenvalue weighted by Gasteiger charge is 2.10. The molecule has 2 aromatic rings. The van der Waals surface area contributed by atoms with Crippen molar-refractivity contribution in [1.82, 2.24) is 15.4 Å². The predicted molar refractivity (Wildman–Crippen MR) is 43.7 cm³/mol. The number of rotatable bonds is 1. The number of hydrogen-bond donors (Lipinski definition) is 0. The van der Waals surface area contributed by atoms with Gasteiger partial charge in [-0.1, -0.05) is 19.0 Å². The second-order valence-electron chi connectivity index (χ2n) is 2.99. The standard InChI is InChI=1S/C8H9N3O/c1-5(2)8-6-3-9-10-4-7(6)12-11-8/h3-5H,1-2H3. The van der Waals surface area contributed by atoms with Crippen LogP contribution >= 0.6 is 0 Å². The van der Waals surface area contributed by atoms with Gasteiger partial charge in [0.2, 0.25) is 0 Å². The highest BCUT2D eigenvalue weighted by Crippen LogP contribution is 2.22. The molecule has 0 aliphatic carbocycles. The van der Waals surface area contributed by atoms with Gasteiger partial charge in [-0.05, 0) is 5.92 Å². The van der Waals surface area contributed by atoms with Crippen LogP contribution in [0.15, 0.2) is 16.9 Å². The second-order valence-corrected chi connectivity index (χ2v) is 2.99. The fourth-order valence-corrected chi connectivity index (χ4v) is 1.14. The van der Waals surface area contributed by atoms with Crippen molar-refractivity contribution in [2.45, 2.75) is 19.8 Å². The summed E-state index contributed by atoms with van der Waals surface area (Å²) in [5, 5.41) is 12.4. The van der Waals surface area contributed by atoms with Crippen LogP contribution in [0.1, 0.15) is 25.5 Å². The quantitative estimate of drug-likeness (QED) is 0.642. The minimum absolute atomic E-state index is 0.357. The van der Waals surface area contributed by atoms with Crippen LogP contribution in [0.4, 0.5) is 0 Å². The number of nitrogens with zero attached hydrogens (tertiary/aromatic N) is 3. The van der Waals surface area contributed by atoms with E-state index in [0.717, 1.165) is 11.1 Å². The van der Waals surface area contributed by atoms with Crippen LogP contribution < -0.4 is 0 Å². The molecule has 0 aliphatic heterocycles. The first kappa shape index (κ1) is 7.21. The summed E-state index contributed by atoms with van der Waals surface area (Å²) >= 11 is 0. The van der Waals surface area contributed by atoms with Gasteiger partial charge in [0.15, 0.2) is 5.58 Å². The zero-order valence-electron chi connectivity index (χ0n) is 6.98. The smallest absolute Gasteiger partial charge is 0.188 e. The van der Waals surface area contributed by atoms with Gasteiger partial charge in [0, 0.05) is 0 Å². The maximum absolute atomic E-state index is 5.06. The van der Waals surface area contributed by atoms with Gasteiger partial charge < -0.3 is 4.52 Å². The van der Waals surface area contributed by atoms with Crippen LogP contribution in [0, 0.1) is 0 Å². The molecule has 2 aromatic heterocycles. The monoisotopic (exact) mass is 163 g/mol. The first-order valence-corrected chi connectivity index (χ1v) is 3.85. The number of hydrogen-bond acceptors (Lipinski definition) is 4. The lowest BCUT2D eigenvalue weighted by Crippen LogP contribution is -1.87. The summed E-state index contributed by atoms with van der Waals surface area (Å²) in [4.78, 5) is 0. The zero-order chi connectivity index (χ0) is 8.55. The van der Waals surface area contributed by atoms with Gasteiger partial charge in [-0.2, -0.15) is 10.2 Å². The molecule has 4 heteroatoms. The predicted octanol–water partition coefficient (Wildman–Crippen LogP) is 1.74. The molecule has 12 heavy (non-hydrogen) atoms. The average molecular weight is 163 g/mol. The van der Waals surface area contributed by atoms with Gasteiger partial charge in [0.1, 0.15) is 0 Å². The van der Waals surface area contributed by atoms with Gasteiger partial charge >= 0.3 is 0 Å². The summed E-state index contributed by atoms with van der Waals surface area (Å²) in [5.41, 5.74) is 1.65. The van der Waals surface area contributed by atoms with Crippen LogP contribution in [0.2, 0.25) is 0 Å². The molecule has 62 valence electrons. The van der Waals surface area contributed by atoms with E-state index in [1.807, 2.05) is 0 Å². The van der Waals surface area contributed by atoms with Crippen molar-refractivity contribution in [3.05, 3.63) is 18.1 Å². The Hall–Kier alpha value is -1.45. The third-order valence-electron chi connectivity index (χ3n) is 1.76.